The average molecular weight is 318 g/mol. The first-order valence-corrected chi connectivity index (χ1v) is 6.38. The summed E-state index contributed by atoms with van der Waals surface area (Å²) < 4.78 is 31.6. The van der Waals surface area contributed by atoms with Crippen LogP contribution < -0.4 is 22.6 Å². The van der Waals surface area contributed by atoms with Crippen molar-refractivity contribution in [3.05, 3.63) is 24.3 Å². The van der Waals surface area contributed by atoms with Crippen molar-refractivity contribution in [3.63, 3.8) is 0 Å². The smallest absolute Gasteiger partial charge is 0.369 e. The zero-order valence-electron chi connectivity index (χ0n) is 10.5. The van der Waals surface area contributed by atoms with Crippen LogP contribution in [0.4, 0.5) is 11.4 Å². The van der Waals surface area contributed by atoms with E-state index in [1.54, 1.807) is 24.3 Å². The number of hydrazone groups is 1. The Kier molecular flexibility index (Phi) is 7.30. The third-order valence-corrected chi connectivity index (χ3v) is 1.45. The molecule has 0 aliphatic heterocycles. The summed E-state index contributed by atoms with van der Waals surface area (Å²) in [7, 11) is -4.67. The molecule has 10 N–H and O–H groups in total. The molecule has 0 heterocycles. The minimum absolute atomic E-state index is 0.0552. The van der Waals surface area contributed by atoms with E-state index in [0.717, 1.165) is 0 Å². The maximum Gasteiger partial charge on any atom is 0.394 e. The highest BCUT2D eigenvalue weighted by Crippen LogP contribution is 2.16. The minimum atomic E-state index is -4.67. The van der Waals surface area contributed by atoms with E-state index in [9.17, 15) is 0 Å². The van der Waals surface area contributed by atoms with Crippen LogP contribution in [0.15, 0.2) is 39.6 Å². The lowest BCUT2D eigenvalue weighted by atomic mass is 10.3. The van der Waals surface area contributed by atoms with E-state index in [-0.39, 0.29) is 11.9 Å². The van der Waals surface area contributed by atoms with Gasteiger partial charge in [0.1, 0.15) is 0 Å². The molecule has 12 nitrogen and oxygen atoms in total. The van der Waals surface area contributed by atoms with Gasteiger partial charge in [-0.3, -0.25) is 19.9 Å². The molecule has 0 saturated heterocycles. The predicted octanol–water partition coefficient (Wildman–Crippen LogP) is -0.389. The Morgan fingerprint density at radius 3 is 2.00 bits per heavy atom. The number of benzene rings is 1. The number of hydrogen-bond donors (Lipinski definition) is 7. The number of guanidine groups is 2. The molecule has 21 heavy (non-hydrogen) atoms. The second kappa shape index (κ2) is 8.41. The summed E-state index contributed by atoms with van der Waals surface area (Å²) in [5.41, 5.74) is 19.2. The highest BCUT2D eigenvalue weighted by Gasteiger charge is 1.92. The number of hydrogen-bond acceptors (Lipinski definition) is 6. The second-order valence-electron chi connectivity index (χ2n) is 3.23. The van der Waals surface area contributed by atoms with E-state index in [0.29, 0.717) is 11.4 Å². The predicted molar refractivity (Wildman–Crippen MR) is 76.5 cm³/mol. The van der Waals surface area contributed by atoms with Gasteiger partial charge in [0.25, 0.3) is 0 Å². The van der Waals surface area contributed by atoms with Crippen LogP contribution in [0.3, 0.4) is 0 Å². The van der Waals surface area contributed by atoms with Crippen molar-refractivity contribution in [2.24, 2.45) is 32.5 Å². The fraction of sp³-hybridized carbons (Fsp3) is 0. The Morgan fingerprint density at radius 1 is 1.14 bits per heavy atom. The van der Waals surface area contributed by atoms with Gasteiger partial charge in [-0.2, -0.15) is 8.42 Å². The van der Waals surface area contributed by atoms with E-state index < -0.39 is 10.4 Å². The van der Waals surface area contributed by atoms with Crippen LogP contribution in [0.25, 0.3) is 0 Å². The monoisotopic (exact) mass is 318 g/mol. The second-order valence-corrected chi connectivity index (χ2v) is 4.12. The van der Waals surface area contributed by atoms with Crippen molar-refractivity contribution >= 4 is 33.7 Å². The van der Waals surface area contributed by atoms with Gasteiger partial charge in [0, 0.05) is 0 Å². The zero-order valence-corrected chi connectivity index (χ0v) is 11.3. The molecule has 0 fully saturated rings. The molecular weight excluding hydrogens is 304 g/mol. The molecule has 116 valence electrons. The van der Waals surface area contributed by atoms with E-state index in [4.69, 9.17) is 40.1 Å². The fourth-order valence-corrected chi connectivity index (χ4v) is 0.843. The number of azo groups is 1. The van der Waals surface area contributed by atoms with Gasteiger partial charge < -0.3 is 17.2 Å². The first kappa shape index (κ1) is 18.2. The molecule has 1 rings (SSSR count). The Labute approximate surface area is 119 Å². The molecular formula is C8H14N8O4S. The number of rotatable bonds is 3. The topological polar surface area (TPSA) is 226 Å². The molecule has 0 bridgehead atoms. The van der Waals surface area contributed by atoms with Crippen molar-refractivity contribution < 1.29 is 17.5 Å². The Hall–Kier alpha value is -2.77. The Balaban J connectivity index is 0.000000690. The van der Waals surface area contributed by atoms with Crippen LogP contribution in [0.5, 0.6) is 0 Å². The SMILES string of the molecule is N=C(N)N=Nc1ccc(NN=C(N)N)cc1.O=S(=O)(O)O. The third-order valence-electron chi connectivity index (χ3n) is 1.45. The molecule has 13 heteroatoms. The summed E-state index contributed by atoms with van der Waals surface area (Å²) in [6.07, 6.45) is 0. The fourth-order valence-electron chi connectivity index (χ4n) is 0.843. The lowest BCUT2D eigenvalue weighted by Gasteiger charge is -2.00. The highest BCUT2D eigenvalue weighted by molar-refractivity contribution is 7.79. The standard InChI is InChI=1S/C8H12N8.H2O4S/c9-7(10)15-13-5-1-2-6(4-3-5)14-16-8(11)12;1-5(2,3)4/h1-4,13H,(H3,11,12)(H4,9,10,15);(H2,1,2,3,4). The minimum Gasteiger partial charge on any atom is -0.369 e. The molecule has 0 spiro atoms. The summed E-state index contributed by atoms with van der Waals surface area (Å²) in [5, 5.41) is 17.6. The summed E-state index contributed by atoms with van der Waals surface area (Å²) in [6.45, 7) is 0. The van der Waals surface area contributed by atoms with E-state index >= 15 is 0 Å². The van der Waals surface area contributed by atoms with Crippen LogP contribution in [-0.4, -0.2) is 29.4 Å². The first-order chi connectivity index (χ1) is 9.58. The van der Waals surface area contributed by atoms with Crippen molar-refractivity contribution in [2.45, 2.75) is 0 Å². The molecule has 0 amide bonds. The van der Waals surface area contributed by atoms with E-state index in [1.807, 2.05) is 0 Å². The van der Waals surface area contributed by atoms with Crippen molar-refractivity contribution in [1.82, 2.24) is 0 Å². The van der Waals surface area contributed by atoms with Crippen molar-refractivity contribution in [3.8, 4) is 0 Å². The molecule has 0 saturated carbocycles. The first-order valence-electron chi connectivity index (χ1n) is 4.98. The lowest BCUT2D eigenvalue weighted by molar-refractivity contribution is 0.381. The molecule has 0 atom stereocenters. The van der Waals surface area contributed by atoms with Gasteiger partial charge in [-0.25, -0.2) is 0 Å². The van der Waals surface area contributed by atoms with Crippen LogP contribution in [0.2, 0.25) is 0 Å². The van der Waals surface area contributed by atoms with Gasteiger partial charge in [0.2, 0.25) is 11.9 Å². The maximum atomic E-state index is 8.74. The summed E-state index contributed by atoms with van der Waals surface area (Å²) in [5.74, 6) is -0.400. The van der Waals surface area contributed by atoms with Crippen molar-refractivity contribution in [2.75, 3.05) is 5.43 Å². The normalized spacial score (nSPS) is 10.4. The van der Waals surface area contributed by atoms with E-state index in [1.165, 1.54) is 0 Å². The highest BCUT2D eigenvalue weighted by atomic mass is 32.3. The number of nitrogens with one attached hydrogen (secondary N) is 2. The molecule has 0 radical (unpaired) electrons. The Bertz CT molecular complexity index is 612. The van der Waals surface area contributed by atoms with Gasteiger partial charge in [0.15, 0.2) is 0 Å². The molecule has 1 aromatic rings. The van der Waals surface area contributed by atoms with E-state index in [2.05, 4.69) is 20.8 Å². The number of anilines is 1. The van der Waals surface area contributed by atoms with Gasteiger partial charge in [-0.15, -0.1) is 15.3 Å². The lowest BCUT2D eigenvalue weighted by Crippen LogP contribution is -2.23. The van der Waals surface area contributed by atoms with Crippen LogP contribution in [-0.2, 0) is 10.4 Å². The van der Waals surface area contributed by atoms with Gasteiger partial charge in [-0.05, 0) is 24.3 Å². The van der Waals surface area contributed by atoms with Crippen LogP contribution >= 0.6 is 0 Å². The summed E-state index contributed by atoms with van der Waals surface area (Å²) >= 11 is 0. The zero-order chi connectivity index (χ0) is 16.5. The maximum absolute atomic E-state index is 8.74. The van der Waals surface area contributed by atoms with Crippen molar-refractivity contribution in [1.29, 1.82) is 5.41 Å². The largest absolute Gasteiger partial charge is 0.394 e. The average Bonchev–Trinajstić information content (AvgIpc) is 2.33. The van der Waals surface area contributed by atoms with Gasteiger partial charge >= 0.3 is 10.4 Å². The molecule has 0 aliphatic carbocycles. The molecule has 0 aromatic heterocycles. The molecule has 0 aliphatic rings. The number of nitrogens with two attached hydrogens (primary N) is 3. The van der Waals surface area contributed by atoms with Crippen LogP contribution in [0, 0.1) is 5.41 Å². The van der Waals surface area contributed by atoms with Crippen LogP contribution in [0.1, 0.15) is 0 Å². The Morgan fingerprint density at radius 2 is 1.62 bits per heavy atom. The number of nitrogens with zero attached hydrogens (tertiary/aromatic N) is 3. The molecule has 1 aromatic carbocycles. The third kappa shape index (κ3) is 13.5. The van der Waals surface area contributed by atoms with Gasteiger partial charge in [-0.1, -0.05) is 0 Å². The van der Waals surface area contributed by atoms with Gasteiger partial charge in [0.05, 0.1) is 11.4 Å². The molecule has 0 unspecified atom stereocenters. The summed E-state index contributed by atoms with van der Waals surface area (Å²) in [4.78, 5) is 0. The quantitative estimate of drug-likeness (QED) is 0.127. The summed E-state index contributed by atoms with van der Waals surface area (Å²) in [6, 6.07) is 6.77.